The van der Waals surface area contributed by atoms with E-state index in [2.05, 4.69) is 0 Å². The van der Waals surface area contributed by atoms with Crippen molar-refractivity contribution in [3.63, 3.8) is 0 Å². The zero-order valence-corrected chi connectivity index (χ0v) is 10.9. The Labute approximate surface area is 113 Å². The predicted octanol–water partition coefficient (Wildman–Crippen LogP) is 0.965. The van der Waals surface area contributed by atoms with Gasteiger partial charge in [0.15, 0.2) is 0 Å². The summed E-state index contributed by atoms with van der Waals surface area (Å²) in [5.41, 5.74) is 6.88. The Kier molecular flexibility index (Phi) is 4.76. The van der Waals surface area contributed by atoms with Crippen LogP contribution in [-0.2, 0) is 11.3 Å². The van der Waals surface area contributed by atoms with Crippen LogP contribution in [0.2, 0.25) is 0 Å². The number of hydrogen-bond donors (Lipinski definition) is 2. The molecule has 0 aliphatic carbocycles. The molecule has 5 nitrogen and oxygen atoms in total. The Morgan fingerprint density at radius 3 is 2.79 bits per heavy atom. The fourth-order valence-electron chi connectivity index (χ4n) is 2.23. The number of carbonyl (C=O) groups is 1. The number of amides is 1. The van der Waals surface area contributed by atoms with Crippen LogP contribution in [0.1, 0.15) is 12.0 Å². The molecule has 0 spiro atoms. The largest absolute Gasteiger partial charge is 0.445 e. The van der Waals surface area contributed by atoms with Gasteiger partial charge in [-0.2, -0.15) is 0 Å². The maximum Gasteiger partial charge on any atom is 0.410 e. The van der Waals surface area contributed by atoms with Gasteiger partial charge in [-0.1, -0.05) is 30.3 Å². The number of nitrogens with zero attached hydrogens (tertiary/aromatic N) is 1. The Morgan fingerprint density at radius 2 is 2.16 bits per heavy atom. The Bertz CT molecular complexity index is 410. The molecule has 2 rings (SSSR count). The molecule has 0 radical (unpaired) electrons. The van der Waals surface area contributed by atoms with Crippen LogP contribution in [-0.4, -0.2) is 41.8 Å². The number of rotatable bonds is 3. The topological polar surface area (TPSA) is 75.8 Å². The molecular weight excluding hydrogens is 244 g/mol. The molecule has 2 atom stereocenters. The minimum Gasteiger partial charge on any atom is -0.445 e. The first-order valence-electron chi connectivity index (χ1n) is 6.52. The number of likely N-dealkylation sites (tertiary alicyclic amines) is 1. The molecule has 1 heterocycles. The SMILES string of the molecule is NC1CN(C(=O)OCc2ccccc2)CCC1CO. The summed E-state index contributed by atoms with van der Waals surface area (Å²) in [4.78, 5) is 13.5. The number of aliphatic hydroxyl groups excluding tert-OH is 1. The number of hydrogen-bond acceptors (Lipinski definition) is 4. The molecule has 3 N–H and O–H groups in total. The van der Waals surface area contributed by atoms with Gasteiger partial charge in [-0.3, -0.25) is 0 Å². The van der Waals surface area contributed by atoms with E-state index in [0.717, 1.165) is 12.0 Å². The molecule has 0 aromatic heterocycles. The molecule has 19 heavy (non-hydrogen) atoms. The highest BCUT2D eigenvalue weighted by molar-refractivity contribution is 5.67. The number of benzene rings is 1. The molecule has 1 aliphatic rings. The van der Waals surface area contributed by atoms with E-state index in [1.807, 2.05) is 30.3 Å². The third-order valence-electron chi connectivity index (χ3n) is 3.50. The Morgan fingerprint density at radius 1 is 1.42 bits per heavy atom. The van der Waals surface area contributed by atoms with Gasteiger partial charge >= 0.3 is 6.09 Å². The Hall–Kier alpha value is -1.59. The molecular formula is C14H20N2O3. The van der Waals surface area contributed by atoms with Crippen molar-refractivity contribution in [3.05, 3.63) is 35.9 Å². The molecule has 1 aliphatic heterocycles. The van der Waals surface area contributed by atoms with E-state index in [0.29, 0.717) is 13.1 Å². The van der Waals surface area contributed by atoms with E-state index in [4.69, 9.17) is 15.6 Å². The molecule has 1 saturated heterocycles. The monoisotopic (exact) mass is 264 g/mol. The average molecular weight is 264 g/mol. The second-order valence-electron chi connectivity index (χ2n) is 4.88. The molecule has 1 fully saturated rings. The van der Waals surface area contributed by atoms with E-state index >= 15 is 0 Å². The Balaban J connectivity index is 1.81. The summed E-state index contributed by atoms with van der Waals surface area (Å²) in [6, 6.07) is 9.39. The van der Waals surface area contributed by atoms with Gasteiger partial charge in [0.2, 0.25) is 0 Å². The number of ether oxygens (including phenoxy) is 1. The van der Waals surface area contributed by atoms with Crippen LogP contribution >= 0.6 is 0 Å². The first-order valence-corrected chi connectivity index (χ1v) is 6.52. The zero-order chi connectivity index (χ0) is 13.7. The van der Waals surface area contributed by atoms with Crippen molar-refractivity contribution in [1.82, 2.24) is 4.90 Å². The van der Waals surface area contributed by atoms with Crippen LogP contribution in [0.3, 0.4) is 0 Å². The lowest BCUT2D eigenvalue weighted by Gasteiger charge is -2.35. The summed E-state index contributed by atoms with van der Waals surface area (Å²) in [6.07, 6.45) is 0.383. The quantitative estimate of drug-likeness (QED) is 0.852. The minimum absolute atomic E-state index is 0.0775. The second-order valence-corrected chi connectivity index (χ2v) is 4.88. The van der Waals surface area contributed by atoms with Gasteiger partial charge in [0.25, 0.3) is 0 Å². The van der Waals surface area contributed by atoms with Crippen LogP contribution in [0.15, 0.2) is 30.3 Å². The van der Waals surface area contributed by atoms with Crippen LogP contribution in [0.25, 0.3) is 0 Å². The van der Waals surface area contributed by atoms with Crippen molar-refractivity contribution in [2.75, 3.05) is 19.7 Å². The van der Waals surface area contributed by atoms with Gasteiger partial charge in [-0.25, -0.2) is 4.79 Å². The van der Waals surface area contributed by atoms with Gasteiger partial charge in [-0.05, 0) is 12.0 Å². The number of nitrogens with two attached hydrogens (primary N) is 1. The molecule has 0 saturated carbocycles. The summed E-state index contributed by atoms with van der Waals surface area (Å²) >= 11 is 0. The third-order valence-corrected chi connectivity index (χ3v) is 3.50. The van der Waals surface area contributed by atoms with Crippen molar-refractivity contribution >= 4 is 6.09 Å². The van der Waals surface area contributed by atoms with Crippen LogP contribution < -0.4 is 5.73 Å². The highest BCUT2D eigenvalue weighted by Gasteiger charge is 2.29. The summed E-state index contributed by atoms with van der Waals surface area (Å²) < 4.78 is 5.25. The normalized spacial score (nSPS) is 23.2. The van der Waals surface area contributed by atoms with E-state index < -0.39 is 0 Å². The van der Waals surface area contributed by atoms with Gasteiger partial charge in [0, 0.05) is 31.7 Å². The highest BCUT2D eigenvalue weighted by atomic mass is 16.6. The van der Waals surface area contributed by atoms with Gasteiger partial charge in [0.1, 0.15) is 6.61 Å². The molecule has 1 amide bonds. The van der Waals surface area contributed by atoms with E-state index in [1.165, 1.54) is 0 Å². The molecule has 104 valence electrons. The smallest absolute Gasteiger partial charge is 0.410 e. The predicted molar refractivity (Wildman–Crippen MR) is 71.4 cm³/mol. The summed E-state index contributed by atoms with van der Waals surface area (Å²) in [5.74, 6) is 0.0816. The lowest BCUT2D eigenvalue weighted by Crippen LogP contribution is -2.51. The first-order chi connectivity index (χ1) is 9.20. The summed E-state index contributed by atoms with van der Waals surface area (Å²) in [6.45, 7) is 1.38. The van der Waals surface area contributed by atoms with Crippen molar-refractivity contribution in [2.24, 2.45) is 11.7 Å². The van der Waals surface area contributed by atoms with Gasteiger partial charge < -0.3 is 20.5 Å². The minimum atomic E-state index is -0.337. The van der Waals surface area contributed by atoms with E-state index in [1.54, 1.807) is 4.90 Å². The number of piperidine rings is 1. The fourth-order valence-corrected chi connectivity index (χ4v) is 2.23. The van der Waals surface area contributed by atoms with Crippen LogP contribution in [0.4, 0.5) is 4.79 Å². The van der Waals surface area contributed by atoms with Crippen molar-refractivity contribution in [1.29, 1.82) is 0 Å². The number of aliphatic hydroxyl groups is 1. The van der Waals surface area contributed by atoms with Gasteiger partial charge in [-0.15, -0.1) is 0 Å². The molecule has 1 aromatic rings. The second kappa shape index (κ2) is 6.54. The molecule has 5 heteroatoms. The van der Waals surface area contributed by atoms with E-state index in [-0.39, 0.29) is 31.3 Å². The number of carbonyl (C=O) groups excluding carboxylic acids is 1. The summed E-state index contributed by atoms with van der Waals surface area (Å²) in [7, 11) is 0. The fraction of sp³-hybridized carbons (Fsp3) is 0.500. The molecule has 1 aromatic carbocycles. The summed E-state index contributed by atoms with van der Waals surface area (Å²) in [5, 5.41) is 9.12. The highest BCUT2D eigenvalue weighted by Crippen LogP contribution is 2.16. The van der Waals surface area contributed by atoms with E-state index in [9.17, 15) is 4.79 Å². The first kappa shape index (κ1) is 13.8. The molecule has 0 bridgehead atoms. The van der Waals surface area contributed by atoms with Crippen LogP contribution in [0, 0.1) is 5.92 Å². The van der Waals surface area contributed by atoms with Crippen molar-refractivity contribution in [3.8, 4) is 0 Å². The van der Waals surface area contributed by atoms with Crippen molar-refractivity contribution < 1.29 is 14.6 Å². The standard InChI is InChI=1S/C14H20N2O3/c15-13-8-16(7-6-12(13)9-17)14(18)19-10-11-4-2-1-3-5-11/h1-5,12-13,17H,6-10,15H2. The van der Waals surface area contributed by atoms with Gasteiger partial charge in [0.05, 0.1) is 0 Å². The lowest BCUT2D eigenvalue weighted by molar-refractivity contribution is 0.0665. The van der Waals surface area contributed by atoms with Crippen molar-refractivity contribution in [2.45, 2.75) is 19.1 Å². The zero-order valence-electron chi connectivity index (χ0n) is 10.9. The average Bonchev–Trinajstić information content (AvgIpc) is 2.45. The third kappa shape index (κ3) is 3.68. The maximum absolute atomic E-state index is 11.9. The molecule has 2 unspecified atom stereocenters. The van der Waals surface area contributed by atoms with Crippen LogP contribution in [0.5, 0.6) is 0 Å². The lowest BCUT2D eigenvalue weighted by atomic mass is 9.93. The maximum atomic E-state index is 11.9.